The van der Waals surface area contributed by atoms with Crippen LogP contribution in [0.5, 0.6) is 0 Å². The monoisotopic (exact) mass is 494 g/mol. The highest BCUT2D eigenvalue weighted by molar-refractivity contribution is 5.94. The fraction of sp³-hybridized carbons (Fsp3) is 0.400. The lowest BCUT2D eigenvalue weighted by Crippen LogP contribution is -2.40. The summed E-state index contributed by atoms with van der Waals surface area (Å²) < 4.78 is 3.08. The molecule has 3 aromatic carbocycles. The highest BCUT2D eigenvalue weighted by atomic mass is 15.3. The maximum atomic E-state index is 2.44. The smallest absolute Gasteiger partial charge is 0.231 e. The van der Waals surface area contributed by atoms with Gasteiger partial charge in [-0.05, 0) is 63.3 Å². The van der Waals surface area contributed by atoms with E-state index in [4.69, 9.17) is 0 Å². The Morgan fingerprint density at radius 3 is 1.89 bits per heavy atom. The molecule has 0 N–H and O–H groups in total. The van der Waals surface area contributed by atoms with Gasteiger partial charge in [-0.2, -0.15) is 4.57 Å². The molecule has 0 spiro atoms. The highest BCUT2D eigenvalue weighted by Gasteiger charge is 2.28. The number of fused-ring (bicyclic) bond motifs is 1. The molecule has 0 aliphatic carbocycles. The SMILES string of the molecule is Cc1c(-c2cc(-c3ccc(CC(C)(C)C)cc3)c([N+](C)(C)C)c[n+]2C)cc(C(C)(C)C)c2ccccc12. The van der Waals surface area contributed by atoms with Crippen molar-refractivity contribution >= 4 is 16.5 Å². The van der Waals surface area contributed by atoms with Crippen molar-refractivity contribution in [1.29, 1.82) is 0 Å². The van der Waals surface area contributed by atoms with E-state index >= 15 is 0 Å². The third-order valence-electron chi connectivity index (χ3n) is 7.37. The Bertz CT molecular complexity index is 1440. The van der Waals surface area contributed by atoms with Crippen LogP contribution in [0.4, 0.5) is 5.69 Å². The Labute approximate surface area is 225 Å². The Kier molecular flexibility index (Phi) is 6.88. The van der Waals surface area contributed by atoms with E-state index in [-0.39, 0.29) is 10.8 Å². The van der Waals surface area contributed by atoms with Crippen molar-refractivity contribution in [2.24, 2.45) is 12.5 Å². The van der Waals surface area contributed by atoms with Crippen LogP contribution in [0, 0.1) is 12.3 Å². The topological polar surface area (TPSA) is 3.88 Å². The molecule has 4 aromatic rings. The van der Waals surface area contributed by atoms with Gasteiger partial charge in [0.2, 0.25) is 17.6 Å². The summed E-state index contributed by atoms with van der Waals surface area (Å²) >= 11 is 0. The van der Waals surface area contributed by atoms with Gasteiger partial charge in [-0.25, -0.2) is 0 Å². The number of hydrogen-bond acceptors (Lipinski definition) is 0. The van der Waals surface area contributed by atoms with Crippen LogP contribution in [0.3, 0.4) is 0 Å². The number of nitrogens with zero attached hydrogens (tertiary/aromatic N) is 2. The Balaban J connectivity index is 1.97. The van der Waals surface area contributed by atoms with Crippen LogP contribution in [0.15, 0.2) is 66.9 Å². The number of quaternary nitrogens is 1. The average Bonchev–Trinajstić information content (AvgIpc) is 2.78. The standard InChI is InChI=1S/C35H46N2/c1-24-27-14-12-13-15-28(27)31(35(5,6)7)20-29(24)32-21-30(33(23-36(32)8)37(9,10)11)26-18-16-25(17-19-26)22-34(2,3)4/h12-21,23H,22H2,1-11H3/q+2. The summed E-state index contributed by atoms with van der Waals surface area (Å²) in [6.45, 7) is 16.1. The molecule has 0 saturated heterocycles. The molecule has 4 rings (SSSR count). The van der Waals surface area contributed by atoms with Crippen molar-refractivity contribution < 1.29 is 4.57 Å². The molecule has 0 atom stereocenters. The summed E-state index contributed by atoms with van der Waals surface area (Å²) in [4.78, 5) is 0. The fourth-order valence-electron chi connectivity index (χ4n) is 5.49. The predicted octanol–water partition coefficient (Wildman–Crippen LogP) is 8.39. The van der Waals surface area contributed by atoms with Gasteiger partial charge >= 0.3 is 0 Å². The quantitative estimate of drug-likeness (QED) is 0.198. The highest BCUT2D eigenvalue weighted by Crippen LogP contribution is 2.40. The van der Waals surface area contributed by atoms with E-state index in [1.54, 1.807) is 0 Å². The second-order valence-corrected chi connectivity index (χ2v) is 13.9. The molecule has 0 bridgehead atoms. The number of aryl methyl sites for hydroxylation is 2. The zero-order valence-electron chi connectivity index (χ0n) is 25.0. The fourth-order valence-corrected chi connectivity index (χ4v) is 5.49. The zero-order chi connectivity index (χ0) is 27.3. The van der Waals surface area contributed by atoms with Crippen LogP contribution in [0.25, 0.3) is 33.2 Å². The summed E-state index contributed by atoms with van der Waals surface area (Å²) in [5.41, 5.74) is 10.9. The lowest BCUT2D eigenvalue weighted by Gasteiger charge is -2.26. The van der Waals surface area contributed by atoms with E-state index in [0.29, 0.717) is 0 Å². The van der Waals surface area contributed by atoms with Crippen LogP contribution in [0.2, 0.25) is 0 Å². The number of aromatic nitrogens is 1. The maximum Gasteiger partial charge on any atom is 0.231 e. The number of rotatable bonds is 4. The van der Waals surface area contributed by atoms with Gasteiger partial charge < -0.3 is 0 Å². The average molecular weight is 495 g/mol. The minimum absolute atomic E-state index is 0.0502. The predicted molar refractivity (Wildman–Crippen MR) is 162 cm³/mol. The van der Waals surface area contributed by atoms with Crippen LogP contribution < -0.4 is 9.05 Å². The van der Waals surface area contributed by atoms with Crippen LogP contribution in [-0.2, 0) is 18.9 Å². The van der Waals surface area contributed by atoms with Gasteiger partial charge in [0.25, 0.3) is 0 Å². The Morgan fingerprint density at radius 2 is 1.35 bits per heavy atom. The molecule has 2 nitrogen and oxygen atoms in total. The van der Waals surface area contributed by atoms with E-state index in [2.05, 4.69) is 148 Å². The summed E-state index contributed by atoms with van der Waals surface area (Å²) in [6, 6.07) is 23.0. The molecule has 0 aliphatic rings. The second kappa shape index (κ2) is 9.40. The molecule has 0 aliphatic heterocycles. The third kappa shape index (κ3) is 5.65. The second-order valence-electron chi connectivity index (χ2n) is 13.9. The van der Waals surface area contributed by atoms with Gasteiger partial charge in [-0.1, -0.05) is 90.1 Å². The Hall–Kier alpha value is -2.97. The van der Waals surface area contributed by atoms with E-state index in [0.717, 1.165) is 10.9 Å². The third-order valence-corrected chi connectivity index (χ3v) is 7.37. The summed E-state index contributed by atoms with van der Waals surface area (Å²) in [5.74, 6) is 0. The molecular formula is C35H46N2+2. The van der Waals surface area contributed by atoms with Crippen molar-refractivity contribution in [3.8, 4) is 22.4 Å². The van der Waals surface area contributed by atoms with Gasteiger partial charge in [0.15, 0.2) is 0 Å². The van der Waals surface area contributed by atoms with Crippen molar-refractivity contribution in [2.75, 3.05) is 21.1 Å². The first-order valence-electron chi connectivity index (χ1n) is 13.5. The van der Waals surface area contributed by atoms with Gasteiger partial charge in [0.1, 0.15) is 7.05 Å². The molecule has 2 heteroatoms. The molecule has 1 heterocycles. The normalized spacial score (nSPS) is 12.8. The molecule has 0 saturated carbocycles. The minimum Gasteiger partial charge on any atom is -0.293 e. The summed E-state index contributed by atoms with van der Waals surface area (Å²) in [6.07, 6.45) is 3.41. The van der Waals surface area contributed by atoms with Crippen molar-refractivity contribution in [1.82, 2.24) is 4.48 Å². The zero-order valence-corrected chi connectivity index (χ0v) is 25.0. The number of hydrogen-bond donors (Lipinski definition) is 0. The first-order valence-corrected chi connectivity index (χ1v) is 13.5. The van der Waals surface area contributed by atoms with Gasteiger partial charge in [-0.3, -0.25) is 4.48 Å². The summed E-state index contributed by atoms with van der Waals surface area (Å²) in [5, 5.41) is 2.70. The molecular weight excluding hydrogens is 448 g/mol. The lowest BCUT2D eigenvalue weighted by atomic mass is 9.80. The molecule has 0 amide bonds. The first kappa shape index (κ1) is 27.1. The molecule has 0 fully saturated rings. The maximum absolute atomic E-state index is 2.44. The van der Waals surface area contributed by atoms with Crippen LogP contribution >= 0.6 is 0 Å². The minimum atomic E-state index is 0.0502. The van der Waals surface area contributed by atoms with E-state index in [1.165, 1.54) is 55.5 Å². The molecule has 194 valence electrons. The summed E-state index contributed by atoms with van der Waals surface area (Å²) in [7, 11) is 8.96. The van der Waals surface area contributed by atoms with Gasteiger partial charge in [-0.15, -0.1) is 0 Å². The molecule has 0 unspecified atom stereocenters. The lowest BCUT2D eigenvalue weighted by molar-refractivity contribution is -0.660. The number of pyridine rings is 1. The van der Waals surface area contributed by atoms with E-state index < -0.39 is 0 Å². The Morgan fingerprint density at radius 1 is 0.757 bits per heavy atom. The van der Waals surface area contributed by atoms with Crippen LogP contribution in [0.1, 0.15) is 58.2 Å². The molecule has 1 aromatic heterocycles. The number of benzene rings is 3. The first-order chi connectivity index (χ1) is 17.1. The van der Waals surface area contributed by atoms with Crippen molar-refractivity contribution in [3.05, 3.63) is 83.6 Å². The van der Waals surface area contributed by atoms with E-state index in [1.807, 2.05) is 0 Å². The van der Waals surface area contributed by atoms with Crippen molar-refractivity contribution in [2.45, 2.75) is 60.3 Å². The largest absolute Gasteiger partial charge is 0.293 e. The van der Waals surface area contributed by atoms with Gasteiger partial charge in [0, 0.05) is 11.6 Å². The molecule has 0 radical (unpaired) electrons. The van der Waals surface area contributed by atoms with E-state index in [9.17, 15) is 0 Å². The van der Waals surface area contributed by atoms with Crippen LogP contribution in [-0.4, -0.2) is 21.1 Å². The van der Waals surface area contributed by atoms with Gasteiger partial charge in [0.05, 0.1) is 26.7 Å². The molecule has 37 heavy (non-hydrogen) atoms. The van der Waals surface area contributed by atoms with Crippen molar-refractivity contribution in [3.63, 3.8) is 0 Å².